The van der Waals surface area contributed by atoms with Gasteiger partial charge in [0.05, 0.1) is 36.3 Å². The molecular formula is C23H25F3N6O3. The summed E-state index contributed by atoms with van der Waals surface area (Å²) in [6.45, 7) is 5.46. The van der Waals surface area contributed by atoms with Gasteiger partial charge in [-0.15, -0.1) is 0 Å². The van der Waals surface area contributed by atoms with Gasteiger partial charge in [0.1, 0.15) is 5.56 Å². The summed E-state index contributed by atoms with van der Waals surface area (Å²) in [6, 6.07) is 3.35. The predicted octanol–water partition coefficient (Wildman–Crippen LogP) is 2.87. The number of carbonyl (C=O) groups is 2. The lowest BCUT2D eigenvalue weighted by Gasteiger charge is -2.31. The highest BCUT2D eigenvalue weighted by Gasteiger charge is 2.32. The van der Waals surface area contributed by atoms with Gasteiger partial charge in [-0.05, 0) is 44.0 Å². The molecule has 1 aromatic carbocycles. The number of fused-ring (bicyclic) bond motifs is 1. The van der Waals surface area contributed by atoms with Gasteiger partial charge in [0.2, 0.25) is 5.91 Å². The molecule has 12 heteroatoms. The minimum absolute atomic E-state index is 0.0115. The molecule has 3 heterocycles. The number of hydrogen-bond acceptors (Lipinski definition) is 6. The molecule has 3 N–H and O–H groups in total. The zero-order chi connectivity index (χ0) is 25.3. The first kappa shape index (κ1) is 24.5. The van der Waals surface area contributed by atoms with Gasteiger partial charge in [0.25, 0.3) is 5.91 Å². The van der Waals surface area contributed by atoms with Crippen molar-refractivity contribution in [2.45, 2.75) is 32.9 Å². The Balaban J connectivity index is 1.55. The average Bonchev–Trinajstić information content (AvgIpc) is 3.23. The number of benzene rings is 1. The summed E-state index contributed by atoms with van der Waals surface area (Å²) >= 11 is 0. The fraction of sp³-hybridized carbons (Fsp3) is 0.391. The molecule has 186 valence electrons. The lowest BCUT2D eigenvalue weighted by atomic mass is 10.1. The normalized spacial score (nSPS) is 14.4. The van der Waals surface area contributed by atoms with Crippen LogP contribution in [0.3, 0.4) is 0 Å². The van der Waals surface area contributed by atoms with Crippen LogP contribution in [0.2, 0.25) is 0 Å². The predicted molar refractivity (Wildman–Crippen MR) is 122 cm³/mol. The third-order valence-corrected chi connectivity index (χ3v) is 6.03. The van der Waals surface area contributed by atoms with Crippen molar-refractivity contribution in [3.63, 3.8) is 0 Å². The topological polar surface area (TPSA) is 115 Å². The summed E-state index contributed by atoms with van der Waals surface area (Å²) < 4.78 is 46.8. The molecule has 2 amide bonds. The second kappa shape index (κ2) is 9.53. The van der Waals surface area contributed by atoms with Crippen LogP contribution >= 0.6 is 0 Å². The fourth-order valence-corrected chi connectivity index (χ4v) is 4.19. The molecule has 0 radical (unpaired) electrons. The molecule has 1 fully saturated rings. The molecule has 0 atom stereocenters. The van der Waals surface area contributed by atoms with E-state index in [9.17, 15) is 22.8 Å². The molecule has 0 bridgehead atoms. The van der Waals surface area contributed by atoms with Crippen LogP contribution in [-0.4, -0.2) is 52.7 Å². The molecule has 1 saturated heterocycles. The van der Waals surface area contributed by atoms with Crippen molar-refractivity contribution in [2.24, 2.45) is 5.73 Å². The summed E-state index contributed by atoms with van der Waals surface area (Å²) in [4.78, 5) is 30.7. The number of rotatable bonds is 6. The Hall–Kier alpha value is -3.67. The molecule has 0 unspecified atom stereocenters. The van der Waals surface area contributed by atoms with E-state index in [0.717, 1.165) is 17.7 Å². The summed E-state index contributed by atoms with van der Waals surface area (Å²) in [6.07, 6.45) is -2.90. The number of alkyl halides is 3. The quantitative estimate of drug-likeness (QED) is 0.549. The lowest BCUT2D eigenvalue weighted by molar-refractivity contribution is -0.137. The Labute approximate surface area is 199 Å². The third kappa shape index (κ3) is 5.06. The van der Waals surface area contributed by atoms with Crippen LogP contribution in [0.1, 0.15) is 39.3 Å². The van der Waals surface area contributed by atoms with E-state index in [-0.39, 0.29) is 24.1 Å². The van der Waals surface area contributed by atoms with E-state index in [1.807, 2.05) is 4.90 Å². The molecule has 0 spiro atoms. The zero-order valence-corrected chi connectivity index (χ0v) is 19.3. The minimum atomic E-state index is -4.54. The van der Waals surface area contributed by atoms with Gasteiger partial charge in [0.15, 0.2) is 5.65 Å². The largest absolute Gasteiger partial charge is 0.416 e. The molecule has 4 rings (SSSR count). The van der Waals surface area contributed by atoms with E-state index >= 15 is 0 Å². The van der Waals surface area contributed by atoms with Crippen LogP contribution in [0, 0.1) is 13.8 Å². The first-order valence-corrected chi connectivity index (χ1v) is 11.0. The van der Waals surface area contributed by atoms with Crippen LogP contribution in [0.5, 0.6) is 0 Å². The van der Waals surface area contributed by atoms with Crippen molar-refractivity contribution in [1.82, 2.24) is 14.6 Å². The summed E-state index contributed by atoms with van der Waals surface area (Å²) in [7, 11) is 0. The number of halogens is 3. The summed E-state index contributed by atoms with van der Waals surface area (Å²) in [5.41, 5.74) is 7.74. The SMILES string of the molecule is Cc1nc2c(C(N)=O)cnn2c(C)c1CCC(=O)Nc1cc(C(F)(F)F)ccc1N1CCOCC1. The minimum Gasteiger partial charge on any atom is -0.378 e. The van der Waals surface area contributed by atoms with Gasteiger partial charge in [0, 0.05) is 30.9 Å². The van der Waals surface area contributed by atoms with E-state index in [1.54, 1.807) is 13.8 Å². The van der Waals surface area contributed by atoms with Crippen molar-refractivity contribution < 1.29 is 27.5 Å². The molecule has 1 aliphatic heterocycles. The Morgan fingerprint density at radius 1 is 1.20 bits per heavy atom. The molecular weight excluding hydrogens is 465 g/mol. The molecule has 9 nitrogen and oxygen atoms in total. The fourth-order valence-electron chi connectivity index (χ4n) is 4.19. The van der Waals surface area contributed by atoms with E-state index in [4.69, 9.17) is 10.5 Å². The molecule has 0 saturated carbocycles. The number of ether oxygens (including phenoxy) is 1. The van der Waals surface area contributed by atoms with Crippen molar-refractivity contribution >= 4 is 28.8 Å². The first-order valence-electron chi connectivity index (χ1n) is 11.0. The third-order valence-electron chi connectivity index (χ3n) is 6.03. The molecule has 35 heavy (non-hydrogen) atoms. The van der Waals surface area contributed by atoms with Crippen LogP contribution < -0.4 is 16.0 Å². The zero-order valence-electron chi connectivity index (χ0n) is 19.3. The molecule has 0 aliphatic carbocycles. The van der Waals surface area contributed by atoms with Gasteiger partial charge in [-0.3, -0.25) is 9.59 Å². The number of aromatic nitrogens is 3. The monoisotopic (exact) mass is 490 g/mol. The molecule has 2 aromatic heterocycles. The van der Waals surface area contributed by atoms with E-state index in [1.165, 1.54) is 16.8 Å². The summed E-state index contributed by atoms with van der Waals surface area (Å²) in [5.74, 6) is -1.08. The van der Waals surface area contributed by atoms with Crippen LogP contribution in [0.25, 0.3) is 5.65 Å². The maximum Gasteiger partial charge on any atom is 0.416 e. The Bertz CT molecular complexity index is 1280. The number of nitrogens with one attached hydrogen (secondary N) is 1. The van der Waals surface area contributed by atoms with Gasteiger partial charge < -0.3 is 20.7 Å². The van der Waals surface area contributed by atoms with Crippen molar-refractivity contribution in [1.29, 1.82) is 0 Å². The first-order chi connectivity index (χ1) is 16.6. The number of aryl methyl sites for hydroxylation is 2. The van der Waals surface area contributed by atoms with E-state index in [0.29, 0.717) is 49.0 Å². The lowest BCUT2D eigenvalue weighted by Crippen LogP contribution is -2.36. The highest BCUT2D eigenvalue weighted by molar-refractivity contribution is 5.98. The number of nitrogens with two attached hydrogens (primary N) is 1. The van der Waals surface area contributed by atoms with Gasteiger partial charge in [-0.2, -0.15) is 18.3 Å². The van der Waals surface area contributed by atoms with Crippen molar-refractivity contribution in [2.75, 3.05) is 36.5 Å². The Kier molecular flexibility index (Phi) is 6.66. The van der Waals surface area contributed by atoms with Gasteiger partial charge in [-0.25, -0.2) is 9.50 Å². The van der Waals surface area contributed by atoms with Crippen molar-refractivity contribution in [3.05, 3.63) is 52.5 Å². The smallest absolute Gasteiger partial charge is 0.378 e. The van der Waals surface area contributed by atoms with Crippen LogP contribution in [0.15, 0.2) is 24.4 Å². The van der Waals surface area contributed by atoms with Crippen LogP contribution in [0.4, 0.5) is 24.5 Å². The Morgan fingerprint density at radius 3 is 2.57 bits per heavy atom. The second-order valence-electron chi connectivity index (χ2n) is 8.30. The van der Waals surface area contributed by atoms with E-state index in [2.05, 4.69) is 15.4 Å². The molecule has 1 aliphatic rings. The highest BCUT2D eigenvalue weighted by Crippen LogP contribution is 2.36. The average molecular weight is 490 g/mol. The van der Waals surface area contributed by atoms with E-state index < -0.39 is 23.6 Å². The molecule has 3 aromatic rings. The Morgan fingerprint density at radius 2 is 1.91 bits per heavy atom. The second-order valence-corrected chi connectivity index (χ2v) is 8.30. The highest BCUT2D eigenvalue weighted by atomic mass is 19.4. The number of anilines is 2. The van der Waals surface area contributed by atoms with Crippen molar-refractivity contribution in [3.8, 4) is 0 Å². The van der Waals surface area contributed by atoms with Crippen LogP contribution in [-0.2, 0) is 22.1 Å². The maximum atomic E-state index is 13.3. The number of carbonyl (C=O) groups excluding carboxylic acids is 2. The maximum absolute atomic E-state index is 13.3. The van der Waals surface area contributed by atoms with Gasteiger partial charge >= 0.3 is 6.18 Å². The summed E-state index contributed by atoms with van der Waals surface area (Å²) in [5, 5.41) is 6.82. The number of nitrogens with zero attached hydrogens (tertiary/aromatic N) is 4. The standard InChI is InChI=1S/C23H25F3N6O3/c1-13-16(14(2)32-22(29-13)17(12-28-32)21(27)34)4-6-20(33)30-18-11-15(23(24,25)26)3-5-19(18)31-7-9-35-10-8-31/h3,5,11-12H,4,6-10H2,1-2H3,(H2,27,34)(H,30,33). The number of amides is 2. The number of hydrogen-bond donors (Lipinski definition) is 2. The van der Waals surface area contributed by atoms with Gasteiger partial charge in [-0.1, -0.05) is 0 Å². The number of morpholine rings is 1. The number of primary amides is 1.